The molecule has 27 heavy (non-hydrogen) atoms. The normalized spacial score (nSPS) is 11.7. The molecule has 9 heteroatoms. The molecule has 2 N–H and O–H groups in total. The first-order valence-corrected chi connectivity index (χ1v) is 10.7. The first-order chi connectivity index (χ1) is 13.1. The smallest absolute Gasteiger partial charge is 0.191 e. The highest BCUT2D eigenvalue weighted by Crippen LogP contribution is 2.09. The van der Waals surface area contributed by atoms with Gasteiger partial charge in [-0.1, -0.05) is 6.07 Å². The topological polar surface area (TPSA) is 80.0 Å². The average Bonchev–Trinajstić information content (AvgIpc) is 3.38. The Bertz CT molecular complexity index is 864. The summed E-state index contributed by atoms with van der Waals surface area (Å²) in [6, 6.07) is 4.24. The Hall–Kier alpha value is -2.26. The van der Waals surface area contributed by atoms with Crippen LogP contribution in [0.5, 0.6) is 0 Å². The molecule has 3 heterocycles. The van der Waals surface area contributed by atoms with Crippen LogP contribution in [0, 0.1) is 13.8 Å². The third kappa shape index (κ3) is 5.86. The second-order valence-electron chi connectivity index (χ2n) is 6.18. The number of hydrogen-bond acceptors (Lipinski definition) is 6. The molecule has 3 rings (SSSR count). The number of rotatable bonds is 8. The van der Waals surface area contributed by atoms with Crippen LogP contribution in [0.4, 0.5) is 0 Å². The Kier molecular flexibility index (Phi) is 6.94. The van der Waals surface area contributed by atoms with E-state index in [2.05, 4.69) is 53.7 Å². The number of thiophene rings is 1. The summed E-state index contributed by atoms with van der Waals surface area (Å²) in [6.07, 6.45) is 1.85. The predicted octanol–water partition coefficient (Wildman–Crippen LogP) is 2.47. The average molecular weight is 404 g/mol. The highest BCUT2D eigenvalue weighted by Gasteiger charge is 2.06. The summed E-state index contributed by atoms with van der Waals surface area (Å²) < 4.78 is 1.96. The highest BCUT2D eigenvalue weighted by molar-refractivity contribution is 7.10. The number of nitrogens with zero attached hydrogens (tertiary/aromatic N) is 5. The fourth-order valence-corrected chi connectivity index (χ4v) is 3.86. The molecule has 0 aliphatic rings. The van der Waals surface area contributed by atoms with Crippen molar-refractivity contribution in [1.82, 2.24) is 30.4 Å². The molecule has 0 saturated carbocycles. The summed E-state index contributed by atoms with van der Waals surface area (Å²) >= 11 is 3.46. The van der Waals surface area contributed by atoms with E-state index >= 15 is 0 Å². The third-order valence-corrected chi connectivity index (χ3v) is 5.90. The Morgan fingerprint density at radius 2 is 1.96 bits per heavy atom. The number of guanidine groups is 1. The largest absolute Gasteiger partial charge is 0.356 e. The van der Waals surface area contributed by atoms with Crippen molar-refractivity contribution in [3.8, 4) is 0 Å². The van der Waals surface area contributed by atoms with E-state index in [9.17, 15) is 0 Å². The van der Waals surface area contributed by atoms with E-state index in [1.54, 1.807) is 22.7 Å². The second-order valence-corrected chi connectivity index (χ2v) is 8.27. The van der Waals surface area contributed by atoms with E-state index in [1.165, 1.54) is 4.88 Å². The fraction of sp³-hybridized carbons (Fsp3) is 0.444. The lowest BCUT2D eigenvalue weighted by atomic mass is 10.3. The van der Waals surface area contributed by atoms with Gasteiger partial charge in [-0.2, -0.15) is 0 Å². The number of thiazole rings is 1. The SMILES string of the molecule is Cc1nc(CCNC(=NCc2nnc(C)n2C)NCCc2cccs2)cs1. The minimum atomic E-state index is 0.488. The predicted molar refractivity (Wildman–Crippen MR) is 111 cm³/mol. The van der Waals surface area contributed by atoms with E-state index in [0.717, 1.165) is 54.2 Å². The van der Waals surface area contributed by atoms with Crippen LogP contribution in [0.2, 0.25) is 0 Å². The number of aryl methyl sites for hydroxylation is 2. The van der Waals surface area contributed by atoms with Crippen molar-refractivity contribution in [2.24, 2.45) is 12.0 Å². The molecule has 0 atom stereocenters. The van der Waals surface area contributed by atoms with Crippen molar-refractivity contribution in [3.63, 3.8) is 0 Å². The van der Waals surface area contributed by atoms with Gasteiger partial charge in [0, 0.05) is 36.8 Å². The van der Waals surface area contributed by atoms with Gasteiger partial charge in [0.15, 0.2) is 11.8 Å². The van der Waals surface area contributed by atoms with E-state index < -0.39 is 0 Å². The number of aliphatic imine (C=N–C) groups is 1. The fourth-order valence-electron chi connectivity index (χ4n) is 2.50. The van der Waals surface area contributed by atoms with Crippen LogP contribution in [0.1, 0.15) is 27.2 Å². The van der Waals surface area contributed by atoms with Gasteiger partial charge >= 0.3 is 0 Å². The highest BCUT2D eigenvalue weighted by atomic mass is 32.1. The quantitative estimate of drug-likeness (QED) is 0.446. The molecular formula is C18H25N7S2. The summed E-state index contributed by atoms with van der Waals surface area (Å²) in [7, 11) is 1.96. The van der Waals surface area contributed by atoms with E-state index in [-0.39, 0.29) is 0 Å². The van der Waals surface area contributed by atoms with E-state index in [1.807, 2.05) is 25.5 Å². The molecule has 0 amide bonds. The zero-order valence-corrected chi connectivity index (χ0v) is 17.5. The van der Waals surface area contributed by atoms with Gasteiger partial charge in [0.25, 0.3) is 0 Å². The van der Waals surface area contributed by atoms with Gasteiger partial charge in [0.05, 0.1) is 10.7 Å². The van der Waals surface area contributed by atoms with Gasteiger partial charge in [-0.25, -0.2) is 9.98 Å². The summed E-state index contributed by atoms with van der Waals surface area (Å²) in [5.74, 6) is 2.53. The van der Waals surface area contributed by atoms with Crippen LogP contribution >= 0.6 is 22.7 Å². The van der Waals surface area contributed by atoms with Gasteiger partial charge in [-0.15, -0.1) is 32.9 Å². The maximum Gasteiger partial charge on any atom is 0.191 e. The number of nitrogens with one attached hydrogen (secondary N) is 2. The lowest BCUT2D eigenvalue weighted by Gasteiger charge is -2.12. The molecule has 0 aliphatic heterocycles. The molecule has 0 fully saturated rings. The van der Waals surface area contributed by atoms with Crippen LogP contribution in [-0.4, -0.2) is 38.8 Å². The molecule has 0 radical (unpaired) electrons. The summed E-state index contributed by atoms with van der Waals surface area (Å²) in [5.41, 5.74) is 1.12. The Morgan fingerprint density at radius 1 is 1.15 bits per heavy atom. The zero-order valence-electron chi connectivity index (χ0n) is 15.9. The van der Waals surface area contributed by atoms with Gasteiger partial charge < -0.3 is 15.2 Å². The number of aromatic nitrogens is 4. The zero-order chi connectivity index (χ0) is 19.1. The first-order valence-electron chi connectivity index (χ1n) is 8.92. The van der Waals surface area contributed by atoms with Crippen LogP contribution in [0.15, 0.2) is 27.9 Å². The minimum absolute atomic E-state index is 0.488. The Morgan fingerprint density at radius 3 is 2.59 bits per heavy atom. The third-order valence-electron chi connectivity index (χ3n) is 4.15. The molecule has 144 valence electrons. The van der Waals surface area contributed by atoms with Gasteiger partial charge in [-0.05, 0) is 31.7 Å². The molecule has 0 saturated heterocycles. The van der Waals surface area contributed by atoms with Crippen molar-refractivity contribution >= 4 is 28.6 Å². The molecule has 0 bridgehead atoms. The molecule has 3 aromatic heterocycles. The monoisotopic (exact) mass is 403 g/mol. The standard InChI is InChI=1S/C18H25N7S2/c1-13-23-24-17(25(13)3)11-21-18(20-9-7-16-5-4-10-26-16)19-8-6-15-12-27-14(2)22-15/h4-5,10,12H,6-9,11H2,1-3H3,(H2,19,20,21). The maximum absolute atomic E-state index is 4.68. The van der Waals surface area contributed by atoms with Crippen LogP contribution < -0.4 is 10.6 Å². The maximum atomic E-state index is 4.68. The molecule has 7 nitrogen and oxygen atoms in total. The molecule has 0 aromatic carbocycles. The van der Waals surface area contributed by atoms with Gasteiger partial charge in [-0.3, -0.25) is 0 Å². The Balaban J connectivity index is 1.56. The van der Waals surface area contributed by atoms with E-state index in [0.29, 0.717) is 6.54 Å². The van der Waals surface area contributed by atoms with Crippen molar-refractivity contribution in [1.29, 1.82) is 0 Å². The van der Waals surface area contributed by atoms with Crippen molar-refractivity contribution in [2.45, 2.75) is 33.2 Å². The first kappa shape index (κ1) is 19.5. The summed E-state index contributed by atoms with van der Waals surface area (Å²) in [5, 5.41) is 20.4. The molecular weight excluding hydrogens is 378 g/mol. The lowest BCUT2D eigenvalue weighted by molar-refractivity contribution is 0.744. The molecule has 3 aromatic rings. The van der Waals surface area contributed by atoms with Gasteiger partial charge in [0.1, 0.15) is 12.4 Å². The molecule has 0 spiro atoms. The van der Waals surface area contributed by atoms with E-state index in [4.69, 9.17) is 0 Å². The van der Waals surface area contributed by atoms with Crippen molar-refractivity contribution in [3.05, 3.63) is 50.1 Å². The van der Waals surface area contributed by atoms with Crippen LogP contribution in [0.3, 0.4) is 0 Å². The van der Waals surface area contributed by atoms with Crippen molar-refractivity contribution in [2.75, 3.05) is 13.1 Å². The van der Waals surface area contributed by atoms with Crippen LogP contribution in [0.25, 0.3) is 0 Å². The summed E-state index contributed by atoms with van der Waals surface area (Å²) in [6.45, 7) is 6.07. The Labute approximate surface area is 167 Å². The minimum Gasteiger partial charge on any atom is -0.356 e. The number of hydrogen-bond donors (Lipinski definition) is 2. The summed E-state index contributed by atoms with van der Waals surface area (Å²) in [4.78, 5) is 10.6. The second kappa shape index (κ2) is 9.61. The van der Waals surface area contributed by atoms with Gasteiger partial charge in [0.2, 0.25) is 0 Å². The van der Waals surface area contributed by atoms with Crippen molar-refractivity contribution < 1.29 is 0 Å². The van der Waals surface area contributed by atoms with Crippen LogP contribution in [-0.2, 0) is 26.4 Å². The lowest BCUT2D eigenvalue weighted by Crippen LogP contribution is -2.39. The molecule has 0 aliphatic carbocycles. The molecule has 0 unspecified atom stereocenters.